The number of benzene rings is 3. The molecule has 3 atom stereocenters. The molecule has 1 heterocycles. The molecule has 6 rings (SSSR count). The summed E-state index contributed by atoms with van der Waals surface area (Å²) >= 11 is 0. The Kier molecular flexibility index (Phi) is 4.34. The van der Waals surface area contributed by atoms with E-state index in [0.717, 1.165) is 47.0 Å². The van der Waals surface area contributed by atoms with E-state index in [1.165, 1.54) is 23.3 Å². The first-order chi connectivity index (χ1) is 15.5. The molecule has 0 unspecified atom stereocenters. The van der Waals surface area contributed by atoms with Crippen molar-refractivity contribution >= 4 is 16.8 Å². The molecule has 0 aliphatic heterocycles. The van der Waals surface area contributed by atoms with E-state index in [2.05, 4.69) is 42.4 Å². The lowest BCUT2D eigenvalue weighted by molar-refractivity contribution is 0.0567. The first kappa shape index (κ1) is 19.4. The van der Waals surface area contributed by atoms with Gasteiger partial charge in [-0.05, 0) is 82.8 Å². The molecule has 1 saturated carbocycles. The summed E-state index contributed by atoms with van der Waals surface area (Å²) in [6.07, 6.45) is 6.44. The van der Waals surface area contributed by atoms with E-state index in [1.807, 2.05) is 29.1 Å². The van der Waals surface area contributed by atoms with E-state index in [-0.39, 0.29) is 17.2 Å². The number of nitrogens with zero attached hydrogens (tertiary/aromatic N) is 2. The van der Waals surface area contributed by atoms with Crippen molar-refractivity contribution in [2.24, 2.45) is 11.3 Å². The minimum absolute atomic E-state index is 0.111. The van der Waals surface area contributed by atoms with Crippen molar-refractivity contribution in [2.75, 3.05) is 0 Å². The van der Waals surface area contributed by atoms with E-state index < -0.39 is 6.10 Å². The summed E-state index contributed by atoms with van der Waals surface area (Å²) in [6, 6.07) is 21.0. The van der Waals surface area contributed by atoms with Crippen LogP contribution in [0.4, 0.5) is 4.39 Å². The summed E-state index contributed by atoms with van der Waals surface area (Å²) in [5.74, 6) is -0.108. The average molecular weight is 425 g/mol. The fraction of sp³-hybridized carbons (Fsp3) is 0.250. The van der Waals surface area contributed by atoms with Gasteiger partial charge in [-0.3, -0.25) is 0 Å². The molecular weight excluding hydrogens is 399 g/mol. The summed E-state index contributed by atoms with van der Waals surface area (Å²) in [6.45, 7) is 2.29. The highest BCUT2D eigenvalue weighted by Gasteiger charge is 2.48. The third-order valence-corrected chi connectivity index (χ3v) is 7.63. The number of rotatable bonds is 3. The number of hydrogen-bond acceptors (Lipinski definition) is 2. The van der Waals surface area contributed by atoms with Gasteiger partial charge in [-0.15, -0.1) is 0 Å². The summed E-state index contributed by atoms with van der Waals surface area (Å²) in [5.41, 5.74) is 5.39. The second kappa shape index (κ2) is 7.14. The zero-order valence-corrected chi connectivity index (χ0v) is 18.0. The summed E-state index contributed by atoms with van der Waals surface area (Å²) in [7, 11) is 0. The number of aromatic nitrogens is 2. The Morgan fingerprint density at radius 3 is 2.69 bits per heavy atom. The predicted octanol–water partition coefficient (Wildman–Crippen LogP) is 6.25. The van der Waals surface area contributed by atoms with Crippen LogP contribution in [-0.4, -0.2) is 14.9 Å². The first-order valence-corrected chi connectivity index (χ1v) is 11.2. The average Bonchev–Trinajstić information content (AvgIpc) is 3.36. The molecule has 32 heavy (non-hydrogen) atoms. The molecular formula is C28H25FN2O. The fourth-order valence-corrected chi connectivity index (χ4v) is 5.90. The molecule has 0 radical (unpaired) electrons. The molecule has 3 nitrogen and oxygen atoms in total. The number of halogens is 1. The lowest BCUT2D eigenvalue weighted by atomic mass is 9.67. The molecule has 160 valence electrons. The predicted molar refractivity (Wildman–Crippen MR) is 125 cm³/mol. The van der Waals surface area contributed by atoms with Crippen LogP contribution >= 0.6 is 0 Å². The molecule has 1 fully saturated rings. The van der Waals surface area contributed by atoms with Crippen molar-refractivity contribution in [3.8, 4) is 5.69 Å². The number of allylic oxidation sites excluding steroid dienone is 1. The maximum absolute atomic E-state index is 13.4. The molecule has 2 aliphatic rings. The second-order valence-corrected chi connectivity index (χ2v) is 9.37. The minimum Gasteiger partial charge on any atom is -0.388 e. The lowest BCUT2D eigenvalue weighted by Crippen LogP contribution is -2.32. The topological polar surface area (TPSA) is 38.0 Å². The molecule has 4 heteroatoms. The first-order valence-electron chi connectivity index (χ1n) is 11.2. The quantitative estimate of drug-likeness (QED) is 0.422. The Bertz CT molecular complexity index is 1350. The van der Waals surface area contributed by atoms with Crippen LogP contribution in [0.2, 0.25) is 0 Å². The van der Waals surface area contributed by atoms with E-state index in [9.17, 15) is 9.50 Å². The molecule has 0 amide bonds. The van der Waals surface area contributed by atoms with E-state index >= 15 is 0 Å². The summed E-state index contributed by atoms with van der Waals surface area (Å²) in [5, 5.41) is 18.5. The van der Waals surface area contributed by atoms with Crippen molar-refractivity contribution in [1.29, 1.82) is 0 Å². The van der Waals surface area contributed by atoms with Gasteiger partial charge in [-0.1, -0.05) is 55.0 Å². The fourth-order valence-electron chi connectivity index (χ4n) is 5.90. The number of aliphatic hydroxyl groups is 1. The van der Waals surface area contributed by atoms with Gasteiger partial charge in [0, 0.05) is 0 Å². The second-order valence-electron chi connectivity index (χ2n) is 9.37. The Morgan fingerprint density at radius 1 is 1.06 bits per heavy atom. The van der Waals surface area contributed by atoms with Crippen molar-refractivity contribution in [1.82, 2.24) is 9.78 Å². The lowest BCUT2D eigenvalue weighted by Gasteiger charge is -2.38. The van der Waals surface area contributed by atoms with E-state index in [0.29, 0.717) is 0 Å². The summed E-state index contributed by atoms with van der Waals surface area (Å²) in [4.78, 5) is 0. The Labute approximate surface area is 186 Å². The zero-order chi connectivity index (χ0) is 21.9. The van der Waals surface area contributed by atoms with Gasteiger partial charge in [0.15, 0.2) is 0 Å². The van der Waals surface area contributed by atoms with Crippen molar-refractivity contribution in [3.63, 3.8) is 0 Å². The highest BCUT2D eigenvalue weighted by molar-refractivity contribution is 5.86. The maximum Gasteiger partial charge on any atom is 0.123 e. The largest absolute Gasteiger partial charge is 0.388 e. The van der Waals surface area contributed by atoms with Crippen LogP contribution in [0, 0.1) is 17.2 Å². The molecule has 0 spiro atoms. The number of fused-ring (bicyclic) bond motifs is 3. The van der Waals surface area contributed by atoms with Crippen LogP contribution in [0.15, 0.2) is 78.5 Å². The van der Waals surface area contributed by atoms with Gasteiger partial charge < -0.3 is 5.11 Å². The van der Waals surface area contributed by atoms with Crippen molar-refractivity contribution in [3.05, 3.63) is 101 Å². The molecule has 2 aliphatic carbocycles. The molecule has 0 bridgehead atoms. The number of hydrogen-bond donors (Lipinski definition) is 1. The minimum atomic E-state index is -0.523. The number of aliphatic hydroxyl groups excluding tert-OH is 1. The smallest absolute Gasteiger partial charge is 0.123 e. The van der Waals surface area contributed by atoms with Gasteiger partial charge in [0.1, 0.15) is 5.82 Å². The highest BCUT2D eigenvalue weighted by Crippen LogP contribution is 2.57. The molecule has 0 saturated heterocycles. The van der Waals surface area contributed by atoms with Crippen LogP contribution in [-0.2, 0) is 6.42 Å². The standard InChI is InChI=1S/C28H25FN2O/c1-28-16-19-17-30-31(22-12-10-21(29)11-13-22)26(19)15-20(28)9-14-25(28)27(32)24-8-4-6-18-5-2-3-7-23(18)24/h2-8,10-13,15,17,25,27,32H,9,14,16H2,1H3/t25-,27-,28+/m1/s1. The van der Waals surface area contributed by atoms with Crippen LogP contribution in [0.25, 0.3) is 22.5 Å². The normalized spacial score (nSPS) is 23.0. The Balaban J connectivity index is 1.38. The van der Waals surface area contributed by atoms with Crippen molar-refractivity contribution in [2.45, 2.75) is 32.3 Å². The van der Waals surface area contributed by atoms with E-state index in [1.54, 1.807) is 12.1 Å². The van der Waals surface area contributed by atoms with Gasteiger partial charge in [-0.25, -0.2) is 9.07 Å². The van der Waals surface area contributed by atoms with Gasteiger partial charge in [-0.2, -0.15) is 5.10 Å². The monoisotopic (exact) mass is 424 g/mol. The highest BCUT2D eigenvalue weighted by atomic mass is 19.1. The molecule has 1 N–H and O–H groups in total. The van der Waals surface area contributed by atoms with Crippen LogP contribution < -0.4 is 0 Å². The van der Waals surface area contributed by atoms with Gasteiger partial charge in [0.05, 0.1) is 23.7 Å². The molecule has 1 aromatic heterocycles. The van der Waals surface area contributed by atoms with Crippen LogP contribution in [0.5, 0.6) is 0 Å². The van der Waals surface area contributed by atoms with Crippen LogP contribution in [0.1, 0.15) is 42.7 Å². The Hall–Kier alpha value is -3.24. The Morgan fingerprint density at radius 2 is 1.84 bits per heavy atom. The van der Waals surface area contributed by atoms with Gasteiger partial charge >= 0.3 is 0 Å². The SMILES string of the molecule is C[C@]12Cc3cnn(-c4ccc(F)cc4)c3C=C1CC[C@@H]2[C@H](O)c1cccc2ccccc12. The zero-order valence-electron chi connectivity index (χ0n) is 18.0. The summed E-state index contributed by atoms with van der Waals surface area (Å²) < 4.78 is 15.3. The third kappa shape index (κ3) is 2.86. The molecule has 4 aromatic rings. The third-order valence-electron chi connectivity index (χ3n) is 7.63. The van der Waals surface area contributed by atoms with E-state index in [4.69, 9.17) is 0 Å². The molecule has 3 aromatic carbocycles. The van der Waals surface area contributed by atoms with Crippen LogP contribution in [0.3, 0.4) is 0 Å². The van der Waals surface area contributed by atoms with Gasteiger partial charge in [0.25, 0.3) is 0 Å². The van der Waals surface area contributed by atoms with Gasteiger partial charge in [0.2, 0.25) is 0 Å². The maximum atomic E-state index is 13.4. The van der Waals surface area contributed by atoms with Crippen molar-refractivity contribution < 1.29 is 9.50 Å².